The molecule has 0 unspecified atom stereocenters. The van der Waals surface area contributed by atoms with Crippen molar-refractivity contribution in [3.63, 3.8) is 0 Å². The minimum absolute atomic E-state index is 0.0831. The van der Waals surface area contributed by atoms with Crippen LogP contribution < -0.4 is 5.56 Å². The third-order valence-corrected chi connectivity index (χ3v) is 4.42. The highest BCUT2D eigenvalue weighted by Gasteiger charge is 2.14. The van der Waals surface area contributed by atoms with Gasteiger partial charge in [-0.1, -0.05) is 36.4 Å². The molecule has 2 heterocycles. The normalized spacial score (nSPS) is 11.1. The van der Waals surface area contributed by atoms with Gasteiger partial charge in [0.1, 0.15) is 0 Å². The zero-order chi connectivity index (χ0) is 16.7. The Labute approximate surface area is 139 Å². The quantitative estimate of drug-likeness (QED) is 0.608. The molecule has 118 valence electrons. The molecule has 4 nitrogen and oxygen atoms in total. The van der Waals surface area contributed by atoms with E-state index in [-0.39, 0.29) is 5.56 Å². The lowest BCUT2D eigenvalue weighted by Crippen LogP contribution is -2.14. The minimum Gasteiger partial charge on any atom is -0.274 e. The number of hydrogen-bond acceptors (Lipinski definition) is 2. The van der Waals surface area contributed by atoms with Gasteiger partial charge in [-0.2, -0.15) is 0 Å². The van der Waals surface area contributed by atoms with Gasteiger partial charge in [-0.15, -0.1) is 0 Å². The summed E-state index contributed by atoms with van der Waals surface area (Å²) < 4.78 is 1.57. The number of aromatic amines is 1. The molecule has 4 heteroatoms. The predicted molar refractivity (Wildman–Crippen MR) is 96.6 cm³/mol. The van der Waals surface area contributed by atoms with E-state index in [4.69, 9.17) is 0 Å². The van der Waals surface area contributed by atoms with Crippen LogP contribution in [0.5, 0.6) is 0 Å². The summed E-state index contributed by atoms with van der Waals surface area (Å²) in [4.78, 5) is 17.3. The average molecular weight is 315 g/mol. The monoisotopic (exact) mass is 315 g/mol. The second-order valence-corrected chi connectivity index (χ2v) is 5.97. The van der Waals surface area contributed by atoms with Gasteiger partial charge in [-0.25, -0.2) is 9.67 Å². The fourth-order valence-corrected chi connectivity index (χ4v) is 2.94. The van der Waals surface area contributed by atoms with Crippen LogP contribution in [0.1, 0.15) is 11.1 Å². The summed E-state index contributed by atoms with van der Waals surface area (Å²) in [5, 5.41) is 3.74. The number of nitrogens with zero attached hydrogens (tertiary/aromatic N) is 2. The number of fused-ring (bicyclic) bond motifs is 1. The maximum Gasteiger partial charge on any atom is 0.281 e. The molecule has 0 spiro atoms. The number of hydrogen-bond donors (Lipinski definition) is 1. The number of nitrogens with one attached hydrogen (secondary N) is 1. The summed E-state index contributed by atoms with van der Waals surface area (Å²) in [6.45, 7) is 4.10. The predicted octanol–water partition coefficient (Wildman–Crippen LogP) is 4.00. The molecule has 0 bridgehead atoms. The van der Waals surface area contributed by atoms with E-state index in [1.165, 1.54) is 5.56 Å². The number of rotatable bonds is 2. The van der Waals surface area contributed by atoms with E-state index in [0.717, 1.165) is 22.4 Å². The van der Waals surface area contributed by atoms with Crippen molar-refractivity contribution in [3.8, 4) is 16.8 Å². The highest BCUT2D eigenvalue weighted by atomic mass is 16.1. The standard InChI is InChI=1S/C20H17N3O/c1-13-8-9-16(12-14(13)2)23-20(24)18-17(10-11-21-19(18)22-23)15-6-4-3-5-7-15/h3-12H,1-2H3,(H,21,22). The third-order valence-electron chi connectivity index (χ3n) is 4.42. The summed E-state index contributed by atoms with van der Waals surface area (Å²) in [5.41, 5.74) is 5.58. The van der Waals surface area contributed by atoms with Crippen molar-refractivity contribution >= 4 is 11.0 Å². The molecule has 4 aromatic rings. The number of aromatic nitrogens is 3. The van der Waals surface area contributed by atoms with Crippen molar-refractivity contribution in [2.75, 3.05) is 0 Å². The molecular formula is C20H17N3O. The highest BCUT2D eigenvalue weighted by molar-refractivity contribution is 5.92. The second kappa shape index (κ2) is 5.49. The van der Waals surface area contributed by atoms with Crippen molar-refractivity contribution < 1.29 is 0 Å². The maximum atomic E-state index is 13.0. The van der Waals surface area contributed by atoms with Gasteiger partial charge in [0, 0.05) is 6.20 Å². The van der Waals surface area contributed by atoms with Crippen LogP contribution in [0.3, 0.4) is 0 Å². The van der Waals surface area contributed by atoms with Crippen LogP contribution in [0.2, 0.25) is 0 Å². The summed E-state index contributed by atoms with van der Waals surface area (Å²) in [6.07, 6.45) is 1.73. The first-order chi connectivity index (χ1) is 11.6. The Bertz CT molecular complexity index is 1090. The van der Waals surface area contributed by atoms with Gasteiger partial charge in [-0.05, 0) is 54.3 Å². The first-order valence-corrected chi connectivity index (χ1v) is 7.88. The first-order valence-electron chi connectivity index (χ1n) is 7.88. The molecule has 0 aliphatic rings. The van der Waals surface area contributed by atoms with Crippen LogP contribution in [0.15, 0.2) is 65.6 Å². The molecule has 0 saturated heterocycles. The fraction of sp³-hybridized carbons (Fsp3) is 0.100. The molecule has 0 atom stereocenters. The lowest BCUT2D eigenvalue weighted by Gasteiger charge is -2.04. The van der Waals surface area contributed by atoms with E-state index in [1.54, 1.807) is 10.9 Å². The highest BCUT2D eigenvalue weighted by Crippen LogP contribution is 2.25. The van der Waals surface area contributed by atoms with E-state index >= 15 is 0 Å². The molecule has 2 aromatic heterocycles. The van der Waals surface area contributed by atoms with E-state index in [2.05, 4.69) is 17.0 Å². The Morgan fingerprint density at radius 2 is 1.75 bits per heavy atom. The van der Waals surface area contributed by atoms with Crippen LogP contribution >= 0.6 is 0 Å². The second-order valence-electron chi connectivity index (χ2n) is 5.97. The summed E-state index contributed by atoms with van der Waals surface area (Å²) in [5.74, 6) is 0. The molecule has 4 rings (SSSR count). The average Bonchev–Trinajstić information content (AvgIpc) is 2.95. The Morgan fingerprint density at radius 3 is 2.50 bits per heavy atom. The van der Waals surface area contributed by atoms with Crippen LogP contribution in [0.4, 0.5) is 0 Å². The molecular weight excluding hydrogens is 298 g/mol. The first kappa shape index (κ1) is 14.5. The van der Waals surface area contributed by atoms with Crippen molar-refractivity contribution in [3.05, 3.63) is 82.3 Å². The molecule has 0 amide bonds. The van der Waals surface area contributed by atoms with Crippen LogP contribution in [-0.2, 0) is 0 Å². The number of pyridine rings is 1. The summed E-state index contributed by atoms with van der Waals surface area (Å²) >= 11 is 0. The van der Waals surface area contributed by atoms with Gasteiger partial charge in [0.25, 0.3) is 5.56 Å². The topological polar surface area (TPSA) is 50.7 Å². The molecule has 0 aliphatic heterocycles. The van der Waals surface area contributed by atoms with E-state index < -0.39 is 0 Å². The largest absolute Gasteiger partial charge is 0.281 e. The SMILES string of the molecule is Cc1ccc(-n2[nH]c3nccc(-c4ccccc4)c3c2=O)cc1C. The molecule has 24 heavy (non-hydrogen) atoms. The molecule has 0 fully saturated rings. The van der Waals surface area contributed by atoms with Gasteiger partial charge >= 0.3 is 0 Å². The smallest absolute Gasteiger partial charge is 0.274 e. The minimum atomic E-state index is -0.0831. The maximum absolute atomic E-state index is 13.0. The van der Waals surface area contributed by atoms with Crippen LogP contribution in [-0.4, -0.2) is 14.8 Å². The van der Waals surface area contributed by atoms with Crippen molar-refractivity contribution in [2.24, 2.45) is 0 Å². The van der Waals surface area contributed by atoms with E-state index in [9.17, 15) is 4.79 Å². The molecule has 0 aliphatic carbocycles. The lowest BCUT2D eigenvalue weighted by molar-refractivity contribution is 0.856. The van der Waals surface area contributed by atoms with Gasteiger partial charge < -0.3 is 0 Å². The van der Waals surface area contributed by atoms with Crippen molar-refractivity contribution in [2.45, 2.75) is 13.8 Å². The Kier molecular flexibility index (Phi) is 3.31. The molecule has 1 N–H and O–H groups in total. The van der Waals surface area contributed by atoms with E-state index in [0.29, 0.717) is 11.0 Å². The summed E-state index contributed by atoms with van der Waals surface area (Å²) in [7, 11) is 0. The lowest BCUT2D eigenvalue weighted by atomic mass is 10.0. The Balaban J connectivity index is 1.99. The van der Waals surface area contributed by atoms with Crippen LogP contribution in [0.25, 0.3) is 27.8 Å². The van der Waals surface area contributed by atoms with Crippen LogP contribution in [0, 0.1) is 13.8 Å². The fourth-order valence-electron chi connectivity index (χ4n) is 2.94. The Morgan fingerprint density at radius 1 is 0.958 bits per heavy atom. The summed E-state index contributed by atoms with van der Waals surface area (Å²) in [6, 6.07) is 17.8. The number of aryl methyl sites for hydroxylation is 2. The number of benzene rings is 2. The van der Waals surface area contributed by atoms with Gasteiger partial charge in [0.05, 0.1) is 11.1 Å². The third kappa shape index (κ3) is 2.24. The number of H-pyrrole nitrogens is 1. The van der Waals surface area contributed by atoms with E-state index in [1.807, 2.05) is 61.5 Å². The van der Waals surface area contributed by atoms with Gasteiger partial charge in [0.2, 0.25) is 0 Å². The van der Waals surface area contributed by atoms with Crippen molar-refractivity contribution in [1.82, 2.24) is 14.8 Å². The molecule has 2 aromatic carbocycles. The zero-order valence-corrected chi connectivity index (χ0v) is 13.6. The van der Waals surface area contributed by atoms with Gasteiger partial charge in [-0.3, -0.25) is 9.89 Å². The molecule has 0 saturated carbocycles. The zero-order valence-electron chi connectivity index (χ0n) is 13.6. The Hall–Kier alpha value is -3.14. The molecule has 0 radical (unpaired) electrons. The van der Waals surface area contributed by atoms with Crippen molar-refractivity contribution in [1.29, 1.82) is 0 Å². The van der Waals surface area contributed by atoms with Gasteiger partial charge in [0.15, 0.2) is 5.65 Å².